The molecule has 0 saturated heterocycles. The van der Waals surface area contributed by atoms with Gasteiger partial charge in [0.15, 0.2) is 0 Å². The van der Waals surface area contributed by atoms with E-state index >= 15 is 0 Å². The summed E-state index contributed by atoms with van der Waals surface area (Å²) in [5, 5.41) is 10.6. The third kappa shape index (κ3) is 2.63. The van der Waals surface area contributed by atoms with Gasteiger partial charge in [-0.2, -0.15) is 0 Å². The summed E-state index contributed by atoms with van der Waals surface area (Å²) in [7, 11) is 0. The van der Waals surface area contributed by atoms with Crippen molar-refractivity contribution in [3.63, 3.8) is 0 Å². The lowest BCUT2D eigenvalue weighted by atomic mass is 9.72. The van der Waals surface area contributed by atoms with Gasteiger partial charge in [-0.1, -0.05) is 13.8 Å². The molecule has 2 aromatic heterocycles. The van der Waals surface area contributed by atoms with Crippen LogP contribution >= 0.6 is 11.3 Å². The van der Waals surface area contributed by atoms with E-state index in [9.17, 15) is 5.11 Å². The van der Waals surface area contributed by atoms with Crippen LogP contribution < -0.4 is 0 Å². The second-order valence-corrected chi connectivity index (χ2v) is 8.24. The Morgan fingerprint density at radius 2 is 2.15 bits per heavy atom. The lowest BCUT2D eigenvalue weighted by molar-refractivity contribution is 0.103. The number of fused-ring (bicyclic) bond motifs is 1. The summed E-state index contributed by atoms with van der Waals surface area (Å²) >= 11 is 1.72. The fourth-order valence-electron chi connectivity index (χ4n) is 3.44. The highest BCUT2D eigenvalue weighted by Gasteiger charge is 2.29. The second-order valence-electron chi connectivity index (χ2n) is 7.00. The van der Waals surface area contributed by atoms with Gasteiger partial charge in [-0.3, -0.25) is 4.40 Å². The summed E-state index contributed by atoms with van der Waals surface area (Å²) in [5.74, 6) is 0.663. The highest BCUT2D eigenvalue weighted by Crippen LogP contribution is 2.41. The van der Waals surface area contributed by atoms with Gasteiger partial charge in [0.05, 0.1) is 18.0 Å². The molecule has 20 heavy (non-hydrogen) atoms. The highest BCUT2D eigenvalue weighted by molar-refractivity contribution is 7.17. The minimum atomic E-state index is -0.357. The van der Waals surface area contributed by atoms with Crippen molar-refractivity contribution in [2.75, 3.05) is 0 Å². The zero-order valence-electron chi connectivity index (χ0n) is 12.6. The number of thiazole rings is 1. The fraction of sp³-hybridized carbons (Fsp3) is 0.688. The van der Waals surface area contributed by atoms with Crippen molar-refractivity contribution in [2.24, 2.45) is 11.3 Å². The Labute approximate surface area is 124 Å². The minimum Gasteiger partial charge on any atom is -0.387 e. The first kappa shape index (κ1) is 14.1. The van der Waals surface area contributed by atoms with Gasteiger partial charge < -0.3 is 5.11 Å². The van der Waals surface area contributed by atoms with Gasteiger partial charge in [-0.05, 0) is 50.4 Å². The first-order valence-corrected chi connectivity index (χ1v) is 8.37. The van der Waals surface area contributed by atoms with Crippen LogP contribution in [0.25, 0.3) is 4.83 Å². The number of aliphatic hydroxyl groups excluding tert-OH is 1. The predicted octanol–water partition coefficient (Wildman–Crippen LogP) is 4.34. The quantitative estimate of drug-likeness (QED) is 0.913. The molecule has 1 unspecified atom stereocenters. The van der Waals surface area contributed by atoms with Crippen LogP contribution in [0.2, 0.25) is 0 Å². The van der Waals surface area contributed by atoms with E-state index in [0.29, 0.717) is 11.3 Å². The SMILES string of the molecule is Cc1sc2cncn2c1C(O)CC1CCC(C)(C)CC1. The fourth-order valence-corrected chi connectivity index (χ4v) is 4.45. The Hall–Kier alpha value is -0.870. The van der Waals surface area contributed by atoms with Gasteiger partial charge >= 0.3 is 0 Å². The van der Waals surface area contributed by atoms with Crippen molar-refractivity contribution in [2.45, 2.75) is 59.0 Å². The first-order valence-electron chi connectivity index (χ1n) is 7.56. The standard InChI is InChI=1S/C16H24N2OS/c1-11-15(18-10-17-9-14(18)20-11)13(19)8-12-4-6-16(2,3)7-5-12/h9-10,12-13,19H,4-8H2,1-3H3. The van der Waals surface area contributed by atoms with Crippen LogP contribution in [-0.4, -0.2) is 14.5 Å². The number of rotatable bonds is 3. The zero-order valence-corrected chi connectivity index (χ0v) is 13.4. The van der Waals surface area contributed by atoms with Crippen molar-refractivity contribution in [3.8, 4) is 0 Å². The van der Waals surface area contributed by atoms with E-state index in [1.54, 1.807) is 11.3 Å². The molecule has 0 radical (unpaired) electrons. The van der Waals surface area contributed by atoms with Crippen molar-refractivity contribution in [1.29, 1.82) is 0 Å². The van der Waals surface area contributed by atoms with Gasteiger partial charge in [-0.25, -0.2) is 4.98 Å². The molecule has 4 heteroatoms. The molecule has 110 valence electrons. The number of aromatic nitrogens is 2. The average Bonchev–Trinajstić information content (AvgIpc) is 2.91. The molecule has 1 saturated carbocycles. The molecule has 0 spiro atoms. The van der Waals surface area contributed by atoms with Crippen molar-refractivity contribution in [1.82, 2.24) is 9.38 Å². The van der Waals surface area contributed by atoms with E-state index < -0.39 is 0 Å². The molecule has 1 fully saturated rings. The number of hydrogen-bond donors (Lipinski definition) is 1. The molecule has 2 heterocycles. The lowest BCUT2D eigenvalue weighted by Gasteiger charge is -2.35. The van der Waals surface area contributed by atoms with E-state index in [2.05, 4.69) is 30.2 Å². The molecule has 0 amide bonds. The summed E-state index contributed by atoms with van der Waals surface area (Å²) in [4.78, 5) is 6.51. The molecule has 2 aromatic rings. The highest BCUT2D eigenvalue weighted by atomic mass is 32.1. The van der Waals surface area contributed by atoms with Gasteiger partial charge in [0, 0.05) is 4.88 Å². The largest absolute Gasteiger partial charge is 0.387 e. The predicted molar refractivity (Wildman–Crippen MR) is 83.1 cm³/mol. The number of imidazole rings is 1. The number of nitrogens with zero attached hydrogens (tertiary/aromatic N) is 2. The molecule has 3 nitrogen and oxygen atoms in total. The van der Waals surface area contributed by atoms with E-state index in [4.69, 9.17) is 0 Å². The van der Waals surface area contributed by atoms with Gasteiger partial charge in [-0.15, -0.1) is 11.3 Å². The summed E-state index contributed by atoms with van der Waals surface area (Å²) in [6.07, 6.45) is 9.30. The van der Waals surface area contributed by atoms with Gasteiger partial charge in [0.1, 0.15) is 11.2 Å². The molecular weight excluding hydrogens is 268 g/mol. The number of aliphatic hydroxyl groups is 1. The van der Waals surface area contributed by atoms with Crippen LogP contribution in [0, 0.1) is 18.3 Å². The Morgan fingerprint density at radius 3 is 2.85 bits per heavy atom. The van der Waals surface area contributed by atoms with Crippen LogP contribution in [0.15, 0.2) is 12.5 Å². The maximum absolute atomic E-state index is 10.6. The molecule has 3 rings (SSSR count). The third-order valence-electron chi connectivity index (χ3n) is 4.81. The molecule has 1 atom stereocenters. The smallest absolute Gasteiger partial charge is 0.120 e. The molecule has 1 aliphatic rings. The maximum Gasteiger partial charge on any atom is 0.120 e. The Morgan fingerprint density at radius 1 is 1.45 bits per heavy atom. The Bertz CT molecular complexity index is 589. The number of hydrogen-bond acceptors (Lipinski definition) is 3. The lowest BCUT2D eigenvalue weighted by Crippen LogP contribution is -2.22. The third-order valence-corrected chi connectivity index (χ3v) is 5.84. The molecule has 0 bridgehead atoms. The molecule has 0 aromatic carbocycles. The zero-order chi connectivity index (χ0) is 14.3. The first-order chi connectivity index (χ1) is 9.46. The molecular formula is C16H24N2OS. The van der Waals surface area contributed by atoms with Gasteiger partial charge in [0.25, 0.3) is 0 Å². The monoisotopic (exact) mass is 292 g/mol. The Kier molecular flexibility index (Phi) is 3.63. The van der Waals surface area contributed by atoms with E-state index in [1.807, 2.05) is 12.5 Å². The summed E-state index contributed by atoms with van der Waals surface area (Å²) in [5.41, 5.74) is 1.55. The van der Waals surface area contributed by atoms with Crippen LogP contribution in [-0.2, 0) is 0 Å². The van der Waals surface area contributed by atoms with Crippen LogP contribution in [0.5, 0.6) is 0 Å². The van der Waals surface area contributed by atoms with E-state index in [0.717, 1.165) is 16.9 Å². The number of aryl methyl sites for hydroxylation is 1. The normalized spacial score (nSPS) is 21.4. The van der Waals surface area contributed by atoms with Gasteiger partial charge in [0.2, 0.25) is 0 Å². The van der Waals surface area contributed by atoms with Crippen molar-refractivity contribution < 1.29 is 5.11 Å². The summed E-state index contributed by atoms with van der Waals surface area (Å²) in [6.45, 7) is 6.82. The van der Waals surface area contributed by atoms with Crippen LogP contribution in [0.1, 0.15) is 62.6 Å². The van der Waals surface area contributed by atoms with E-state index in [1.165, 1.54) is 30.6 Å². The topological polar surface area (TPSA) is 37.5 Å². The average molecular weight is 292 g/mol. The molecule has 0 aliphatic heterocycles. The Balaban J connectivity index is 1.72. The second kappa shape index (κ2) is 5.15. The summed E-state index contributed by atoms with van der Waals surface area (Å²) < 4.78 is 2.05. The van der Waals surface area contributed by atoms with Crippen LogP contribution in [0.4, 0.5) is 0 Å². The van der Waals surface area contributed by atoms with E-state index in [-0.39, 0.29) is 6.10 Å². The van der Waals surface area contributed by atoms with Crippen molar-refractivity contribution >= 4 is 16.2 Å². The van der Waals surface area contributed by atoms with Crippen molar-refractivity contribution in [3.05, 3.63) is 23.1 Å². The molecule has 1 aliphatic carbocycles. The minimum absolute atomic E-state index is 0.357. The maximum atomic E-state index is 10.6. The summed E-state index contributed by atoms with van der Waals surface area (Å²) in [6, 6.07) is 0. The van der Waals surface area contributed by atoms with Crippen LogP contribution in [0.3, 0.4) is 0 Å². The molecule has 1 N–H and O–H groups in total.